The lowest BCUT2D eigenvalue weighted by molar-refractivity contribution is -0.386. The van der Waals surface area contributed by atoms with E-state index in [4.69, 9.17) is 8.94 Å². The maximum Gasteiger partial charge on any atom is 0.312 e. The summed E-state index contributed by atoms with van der Waals surface area (Å²) in [6.07, 6.45) is 1.54. The van der Waals surface area contributed by atoms with Crippen molar-refractivity contribution in [1.82, 2.24) is 14.9 Å². The maximum atomic E-state index is 11.0. The first-order valence-electron chi connectivity index (χ1n) is 6.24. The van der Waals surface area contributed by atoms with E-state index in [0.717, 1.165) is 0 Å². The molecule has 0 bridgehead atoms. The first-order valence-corrected chi connectivity index (χ1v) is 6.24. The largest absolute Gasteiger partial charge is 0.461 e. The molecule has 0 saturated carbocycles. The molecule has 3 aromatic heterocycles. The second-order valence-corrected chi connectivity index (χ2v) is 4.59. The van der Waals surface area contributed by atoms with E-state index in [2.05, 4.69) is 10.3 Å². The van der Waals surface area contributed by atoms with E-state index >= 15 is 0 Å². The van der Waals surface area contributed by atoms with Gasteiger partial charge >= 0.3 is 5.69 Å². The molecule has 3 rings (SSSR count). The van der Waals surface area contributed by atoms with E-state index in [1.807, 2.05) is 0 Å². The molecule has 0 N–H and O–H groups in total. The highest BCUT2D eigenvalue weighted by atomic mass is 16.6. The summed E-state index contributed by atoms with van der Waals surface area (Å²) < 4.78 is 11.9. The molecule has 8 nitrogen and oxygen atoms in total. The summed E-state index contributed by atoms with van der Waals surface area (Å²) in [7, 11) is 0. The molecule has 0 fully saturated rings. The zero-order valence-corrected chi connectivity index (χ0v) is 11.4. The number of hydrogen-bond acceptors (Lipinski definition) is 6. The van der Waals surface area contributed by atoms with Crippen LogP contribution in [0.15, 0.2) is 33.4 Å². The van der Waals surface area contributed by atoms with Gasteiger partial charge in [-0.15, -0.1) is 0 Å². The van der Waals surface area contributed by atoms with Gasteiger partial charge in [-0.1, -0.05) is 5.16 Å². The molecule has 3 aromatic rings. The Morgan fingerprint density at radius 1 is 1.38 bits per heavy atom. The van der Waals surface area contributed by atoms with Crippen molar-refractivity contribution < 1.29 is 13.9 Å². The van der Waals surface area contributed by atoms with Gasteiger partial charge in [0.25, 0.3) is 0 Å². The monoisotopic (exact) mass is 288 g/mol. The van der Waals surface area contributed by atoms with Crippen molar-refractivity contribution in [3.05, 3.63) is 51.7 Å². The summed E-state index contributed by atoms with van der Waals surface area (Å²) in [5.74, 6) is 1.08. The average Bonchev–Trinajstić information content (AvgIpc) is 3.11. The molecule has 0 radical (unpaired) electrons. The van der Waals surface area contributed by atoms with Crippen LogP contribution in [0.5, 0.6) is 0 Å². The highest BCUT2D eigenvalue weighted by Crippen LogP contribution is 2.24. The van der Waals surface area contributed by atoms with E-state index in [0.29, 0.717) is 35.1 Å². The first-order chi connectivity index (χ1) is 10.1. The van der Waals surface area contributed by atoms with Gasteiger partial charge in [-0.3, -0.25) is 14.8 Å². The minimum absolute atomic E-state index is 0.0322. The van der Waals surface area contributed by atoms with Gasteiger partial charge in [0.1, 0.15) is 17.1 Å². The number of nitro groups is 1. The van der Waals surface area contributed by atoms with Gasteiger partial charge in [-0.2, -0.15) is 5.10 Å². The lowest BCUT2D eigenvalue weighted by Crippen LogP contribution is -2.04. The van der Waals surface area contributed by atoms with Crippen LogP contribution in [-0.2, 0) is 6.54 Å². The Hall–Kier alpha value is -2.90. The molecule has 0 aliphatic rings. The molecule has 0 aliphatic carbocycles. The molecule has 0 amide bonds. The van der Waals surface area contributed by atoms with Crippen LogP contribution < -0.4 is 0 Å². The van der Waals surface area contributed by atoms with Crippen LogP contribution >= 0.6 is 0 Å². The molecular weight excluding hydrogens is 276 g/mol. The van der Waals surface area contributed by atoms with Crippen LogP contribution in [0.3, 0.4) is 0 Å². The summed E-state index contributed by atoms with van der Waals surface area (Å²) in [6.45, 7) is 3.56. The van der Waals surface area contributed by atoms with E-state index in [9.17, 15) is 10.1 Å². The van der Waals surface area contributed by atoms with Gasteiger partial charge in [-0.05, 0) is 26.0 Å². The molecule has 0 unspecified atom stereocenters. The van der Waals surface area contributed by atoms with Crippen LogP contribution in [0.1, 0.15) is 17.1 Å². The number of furan rings is 1. The summed E-state index contributed by atoms with van der Waals surface area (Å²) >= 11 is 0. The predicted octanol–water partition coefficient (Wildman–Crippen LogP) is 2.70. The summed E-state index contributed by atoms with van der Waals surface area (Å²) in [6, 6.07) is 5.24. The van der Waals surface area contributed by atoms with Gasteiger partial charge < -0.3 is 8.94 Å². The normalized spacial score (nSPS) is 11.0. The van der Waals surface area contributed by atoms with Gasteiger partial charge in [0.15, 0.2) is 5.76 Å². The zero-order valence-electron chi connectivity index (χ0n) is 11.4. The molecular formula is C13H12N4O4. The van der Waals surface area contributed by atoms with Gasteiger partial charge in [0.2, 0.25) is 5.76 Å². The lowest BCUT2D eigenvalue weighted by atomic mass is 10.3. The maximum absolute atomic E-state index is 11.0. The number of aromatic nitrogens is 3. The molecule has 21 heavy (non-hydrogen) atoms. The fraction of sp³-hybridized carbons (Fsp3) is 0.231. The topological polar surface area (TPSA) is 100 Å². The van der Waals surface area contributed by atoms with Gasteiger partial charge in [0, 0.05) is 6.07 Å². The molecule has 0 atom stereocenters. The van der Waals surface area contributed by atoms with Crippen molar-refractivity contribution in [1.29, 1.82) is 0 Å². The molecule has 0 saturated heterocycles. The minimum Gasteiger partial charge on any atom is -0.461 e. The summed E-state index contributed by atoms with van der Waals surface area (Å²) in [5.41, 5.74) is 1.51. The average molecular weight is 288 g/mol. The molecule has 0 aliphatic heterocycles. The second-order valence-electron chi connectivity index (χ2n) is 4.59. The first kappa shape index (κ1) is 13.1. The second kappa shape index (κ2) is 4.89. The lowest BCUT2D eigenvalue weighted by Gasteiger charge is -1.98. The standard InChI is InChI=1S/C13H12N4O4/c1-8-13(17(18)19)9(2)16(14-8)7-10-6-12(21-15-10)11-4-3-5-20-11/h3-6H,7H2,1-2H3. The van der Waals surface area contributed by atoms with E-state index < -0.39 is 4.92 Å². The van der Waals surface area contributed by atoms with Crippen molar-refractivity contribution in [2.45, 2.75) is 20.4 Å². The minimum atomic E-state index is -0.425. The Bertz CT molecular complexity index is 785. The summed E-state index contributed by atoms with van der Waals surface area (Å²) in [5, 5.41) is 19.1. The Morgan fingerprint density at radius 3 is 2.81 bits per heavy atom. The van der Waals surface area contributed by atoms with Crippen LogP contribution in [0.2, 0.25) is 0 Å². The Labute approximate surface area is 119 Å². The third kappa shape index (κ3) is 2.31. The van der Waals surface area contributed by atoms with Gasteiger partial charge in [-0.25, -0.2) is 0 Å². The van der Waals surface area contributed by atoms with Crippen molar-refractivity contribution in [2.75, 3.05) is 0 Å². The zero-order chi connectivity index (χ0) is 15.0. The fourth-order valence-electron chi connectivity index (χ4n) is 2.18. The Kier molecular flexibility index (Phi) is 3.05. The van der Waals surface area contributed by atoms with E-state index in [1.54, 1.807) is 38.3 Å². The van der Waals surface area contributed by atoms with Crippen LogP contribution in [-0.4, -0.2) is 19.9 Å². The van der Waals surface area contributed by atoms with Crippen LogP contribution in [0, 0.1) is 24.0 Å². The smallest absolute Gasteiger partial charge is 0.312 e. The van der Waals surface area contributed by atoms with E-state index in [-0.39, 0.29) is 5.69 Å². The third-order valence-electron chi connectivity index (χ3n) is 3.16. The highest BCUT2D eigenvalue weighted by molar-refractivity contribution is 5.49. The molecule has 108 valence electrons. The Morgan fingerprint density at radius 2 is 2.19 bits per heavy atom. The number of rotatable bonds is 4. The van der Waals surface area contributed by atoms with E-state index in [1.165, 1.54) is 4.68 Å². The van der Waals surface area contributed by atoms with Gasteiger partial charge in [0.05, 0.1) is 17.7 Å². The third-order valence-corrected chi connectivity index (χ3v) is 3.16. The quantitative estimate of drug-likeness (QED) is 0.540. The highest BCUT2D eigenvalue weighted by Gasteiger charge is 2.22. The number of aryl methyl sites for hydroxylation is 1. The van der Waals surface area contributed by atoms with Crippen molar-refractivity contribution >= 4 is 5.69 Å². The van der Waals surface area contributed by atoms with Crippen molar-refractivity contribution in [3.8, 4) is 11.5 Å². The van der Waals surface area contributed by atoms with Crippen LogP contribution in [0.25, 0.3) is 11.5 Å². The SMILES string of the molecule is Cc1nn(Cc2cc(-c3ccco3)on2)c(C)c1[N+](=O)[O-]. The molecule has 0 spiro atoms. The van der Waals surface area contributed by atoms with Crippen molar-refractivity contribution in [3.63, 3.8) is 0 Å². The molecule has 3 heterocycles. The number of nitrogens with zero attached hydrogens (tertiary/aromatic N) is 4. The fourth-order valence-corrected chi connectivity index (χ4v) is 2.18. The van der Waals surface area contributed by atoms with Crippen LogP contribution in [0.4, 0.5) is 5.69 Å². The molecule has 8 heteroatoms. The molecule has 0 aromatic carbocycles. The number of hydrogen-bond donors (Lipinski definition) is 0. The van der Waals surface area contributed by atoms with Crippen molar-refractivity contribution in [2.24, 2.45) is 0 Å². The Balaban J connectivity index is 1.88. The predicted molar refractivity (Wildman–Crippen MR) is 71.7 cm³/mol. The summed E-state index contributed by atoms with van der Waals surface area (Å²) in [4.78, 5) is 10.5.